The zero-order valence-electron chi connectivity index (χ0n) is 8.62. The Morgan fingerprint density at radius 1 is 1.64 bits per heavy atom. The van der Waals surface area contributed by atoms with Crippen molar-refractivity contribution in [2.24, 2.45) is 0 Å². The van der Waals surface area contributed by atoms with Crippen molar-refractivity contribution in [2.75, 3.05) is 13.0 Å². The first-order chi connectivity index (χ1) is 6.81. The molecule has 1 unspecified atom stereocenters. The van der Waals surface area contributed by atoms with Crippen molar-refractivity contribution in [1.29, 1.82) is 0 Å². The number of nitrogens with zero attached hydrogens (tertiary/aromatic N) is 1. The van der Waals surface area contributed by atoms with Crippen molar-refractivity contribution in [2.45, 2.75) is 32.3 Å². The smallest absolute Gasteiger partial charge is 0.122 e. The Kier molecular flexibility index (Phi) is 5.45. The highest BCUT2D eigenvalue weighted by molar-refractivity contribution is 7.09. The maximum Gasteiger partial charge on any atom is 0.122 e. The average Bonchev–Trinajstić information content (AvgIpc) is 2.65. The van der Waals surface area contributed by atoms with E-state index < -0.39 is 0 Å². The third-order valence-corrected chi connectivity index (χ3v) is 3.32. The lowest BCUT2D eigenvalue weighted by atomic mass is 10.2. The first-order valence-electron chi connectivity index (χ1n) is 4.84. The number of ether oxygens (including phenoxy) is 1. The minimum atomic E-state index is 0.157. The van der Waals surface area contributed by atoms with Crippen molar-refractivity contribution in [3.63, 3.8) is 0 Å². The molecule has 1 aromatic rings. The van der Waals surface area contributed by atoms with E-state index in [1.165, 1.54) is 0 Å². The second-order valence-corrected chi connectivity index (χ2v) is 4.37. The number of rotatable bonds is 6. The maximum absolute atomic E-state index is 5.63. The second-order valence-electron chi connectivity index (χ2n) is 3.10. The second kappa shape index (κ2) is 6.38. The normalized spacial score (nSPS) is 13.1. The molecule has 14 heavy (non-hydrogen) atoms. The molecule has 80 valence electrons. The van der Waals surface area contributed by atoms with Crippen molar-refractivity contribution >= 4 is 22.9 Å². The molecule has 0 saturated carbocycles. The van der Waals surface area contributed by atoms with E-state index in [2.05, 4.69) is 17.3 Å². The standard InChI is InChI=1S/C10H16ClNOS/c1-3-9(13-2)10-12-8(7-14-10)5-4-6-11/h7,9H,3-6H2,1-2H3. The zero-order valence-corrected chi connectivity index (χ0v) is 10.2. The molecule has 1 aromatic heterocycles. The Morgan fingerprint density at radius 3 is 3.00 bits per heavy atom. The molecular weight excluding hydrogens is 218 g/mol. The van der Waals surface area contributed by atoms with E-state index in [-0.39, 0.29) is 6.10 Å². The Balaban J connectivity index is 2.57. The highest BCUT2D eigenvalue weighted by Gasteiger charge is 2.12. The van der Waals surface area contributed by atoms with E-state index in [0.717, 1.165) is 30.0 Å². The van der Waals surface area contributed by atoms with Crippen LogP contribution in [0.1, 0.15) is 36.6 Å². The van der Waals surface area contributed by atoms with Gasteiger partial charge in [0.15, 0.2) is 0 Å². The van der Waals surface area contributed by atoms with Crippen LogP contribution >= 0.6 is 22.9 Å². The van der Waals surface area contributed by atoms with E-state index in [9.17, 15) is 0 Å². The zero-order chi connectivity index (χ0) is 10.4. The molecule has 0 aromatic carbocycles. The van der Waals surface area contributed by atoms with Gasteiger partial charge in [-0.2, -0.15) is 0 Å². The monoisotopic (exact) mass is 233 g/mol. The largest absolute Gasteiger partial charge is 0.374 e. The molecule has 0 aliphatic carbocycles. The lowest BCUT2D eigenvalue weighted by Gasteiger charge is -2.08. The third kappa shape index (κ3) is 3.23. The summed E-state index contributed by atoms with van der Waals surface area (Å²) in [4.78, 5) is 4.52. The number of alkyl halides is 1. The van der Waals surface area contributed by atoms with Crippen LogP contribution in [0.3, 0.4) is 0 Å². The number of thiazole rings is 1. The molecule has 1 heterocycles. The van der Waals surface area contributed by atoms with Gasteiger partial charge in [-0.3, -0.25) is 0 Å². The summed E-state index contributed by atoms with van der Waals surface area (Å²) < 4.78 is 5.33. The van der Waals surface area contributed by atoms with Crippen LogP contribution in [0.5, 0.6) is 0 Å². The van der Waals surface area contributed by atoms with Crippen molar-refractivity contribution in [3.05, 3.63) is 16.1 Å². The van der Waals surface area contributed by atoms with Gasteiger partial charge in [0, 0.05) is 18.4 Å². The molecule has 0 saturated heterocycles. The first kappa shape index (κ1) is 12.0. The predicted molar refractivity (Wildman–Crippen MR) is 61.2 cm³/mol. The third-order valence-electron chi connectivity index (χ3n) is 2.07. The molecule has 1 atom stereocenters. The van der Waals surface area contributed by atoms with Gasteiger partial charge < -0.3 is 4.74 Å². The minimum absolute atomic E-state index is 0.157. The number of methoxy groups -OCH3 is 1. The molecule has 4 heteroatoms. The number of aryl methyl sites for hydroxylation is 1. The Morgan fingerprint density at radius 2 is 2.43 bits per heavy atom. The summed E-state index contributed by atoms with van der Waals surface area (Å²) >= 11 is 7.30. The first-order valence-corrected chi connectivity index (χ1v) is 6.26. The quantitative estimate of drug-likeness (QED) is 0.703. The van der Waals surface area contributed by atoms with Gasteiger partial charge in [0.2, 0.25) is 0 Å². The molecule has 0 spiro atoms. The van der Waals surface area contributed by atoms with Crippen LogP contribution < -0.4 is 0 Å². The van der Waals surface area contributed by atoms with Gasteiger partial charge in [0.1, 0.15) is 11.1 Å². The lowest BCUT2D eigenvalue weighted by molar-refractivity contribution is 0.0996. The summed E-state index contributed by atoms with van der Waals surface area (Å²) in [6, 6.07) is 0. The van der Waals surface area contributed by atoms with E-state index >= 15 is 0 Å². The van der Waals surface area contributed by atoms with Crippen LogP contribution in [0.15, 0.2) is 5.38 Å². The number of halogens is 1. The van der Waals surface area contributed by atoms with Gasteiger partial charge in [0.05, 0.1) is 5.69 Å². The highest BCUT2D eigenvalue weighted by Crippen LogP contribution is 2.24. The summed E-state index contributed by atoms with van der Waals surface area (Å²) in [6.45, 7) is 2.11. The summed E-state index contributed by atoms with van der Waals surface area (Å²) in [6.07, 6.45) is 3.10. The van der Waals surface area contributed by atoms with E-state index in [1.807, 2.05) is 0 Å². The molecule has 0 aliphatic rings. The SMILES string of the molecule is CCC(OC)c1nc(CCCCl)cs1. The van der Waals surface area contributed by atoms with E-state index in [1.54, 1.807) is 18.4 Å². The van der Waals surface area contributed by atoms with Gasteiger partial charge in [-0.25, -0.2) is 4.98 Å². The van der Waals surface area contributed by atoms with Crippen LogP contribution in [0.4, 0.5) is 0 Å². The fourth-order valence-electron chi connectivity index (χ4n) is 1.28. The maximum atomic E-state index is 5.63. The summed E-state index contributed by atoms with van der Waals surface area (Å²) in [7, 11) is 1.73. The van der Waals surface area contributed by atoms with Crippen LogP contribution in [-0.2, 0) is 11.2 Å². The molecule has 0 amide bonds. The Bertz CT molecular complexity index is 260. The van der Waals surface area contributed by atoms with Gasteiger partial charge in [0.25, 0.3) is 0 Å². The van der Waals surface area contributed by atoms with Gasteiger partial charge in [-0.1, -0.05) is 6.92 Å². The number of hydrogen-bond acceptors (Lipinski definition) is 3. The lowest BCUT2D eigenvalue weighted by Crippen LogP contribution is -1.99. The summed E-state index contributed by atoms with van der Waals surface area (Å²) in [5, 5.41) is 3.18. The summed E-state index contributed by atoms with van der Waals surface area (Å²) in [5.41, 5.74) is 1.14. The van der Waals surface area contributed by atoms with E-state index in [4.69, 9.17) is 16.3 Å². The van der Waals surface area contributed by atoms with Gasteiger partial charge in [-0.15, -0.1) is 22.9 Å². The van der Waals surface area contributed by atoms with Gasteiger partial charge in [-0.05, 0) is 19.3 Å². The number of hydrogen-bond donors (Lipinski definition) is 0. The van der Waals surface area contributed by atoms with Gasteiger partial charge >= 0.3 is 0 Å². The molecule has 1 rings (SSSR count). The van der Waals surface area contributed by atoms with Crippen molar-refractivity contribution in [1.82, 2.24) is 4.98 Å². The number of aromatic nitrogens is 1. The fourth-order valence-corrected chi connectivity index (χ4v) is 2.42. The fraction of sp³-hybridized carbons (Fsp3) is 0.700. The van der Waals surface area contributed by atoms with Crippen LogP contribution in [-0.4, -0.2) is 18.0 Å². The highest BCUT2D eigenvalue weighted by atomic mass is 35.5. The molecule has 0 fully saturated rings. The van der Waals surface area contributed by atoms with Crippen LogP contribution in [0, 0.1) is 0 Å². The molecule has 0 N–H and O–H groups in total. The van der Waals surface area contributed by atoms with Crippen molar-refractivity contribution in [3.8, 4) is 0 Å². The van der Waals surface area contributed by atoms with Crippen LogP contribution in [0.2, 0.25) is 0 Å². The molecule has 2 nitrogen and oxygen atoms in total. The van der Waals surface area contributed by atoms with E-state index in [0.29, 0.717) is 5.88 Å². The predicted octanol–water partition coefficient (Wildman–Crippen LogP) is 3.41. The Labute approximate surface area is 94.3 Å². The molecule has 0 bridgehead atoms. The molecular formula is C10H16ClNOS. The van der Waals surface area contributed by atoms with Crippen molar-refractivity contribution < 1.29 is 4.74 Å². The Hall–Kier alpha value is -0.120. The minimum Gasteiger partial charge on any atom is -0.374 e. The topological polar surface area (TPSA) is 22.1 Å². The molecule has 0 aliphatic heterocycles. The van der Waals surface area contributed by atoms with Crippen LogP contribution in [0.25, 0.3) is 0 Å². The average molecular weight is 234 g/mol. The summed E-state index contributed by atoms with van der Waals surface area (Å²) in [5.74, 6) is 0.703. The molecule has 0 radical (unpaired) electrons.